The highest BCUT2D eigenvalue weighted by Gasteiger charge is 2.33. The number of hydrogen-bond acceptors (Lipinski definition) is 6. The van der Waals surface area contributed by atoms with Gasteiger partial charge in [-0.1, -0.05) is 25.9 Å². The molecule has 2 amide bonds. The highest BCUT2D eigenvalue weighted by molar-refractivity contribution is 5.94. The summed E-state index contributed by atoms with van der Waals surface area (Å²) in [5, 5.41) is 6.60. The maximum atomic E-state index is 12.6. The first kappa shape index (κ1) is 18.8. The van der Waals surface area contributed by atoms with Crippen LogP contribution in [0.5, 0.6) is 0 Å². The molecule has 26 heavy (non-hydrogen) atoms. The Hall–Kier alpha value is -1.93. The van der Waals surface area contributed by atoms with Gasteiger partial charge in [0, 0.05) is 37.2 Å². The zero-order valence-electron chi connectivity index (χ0n) is 15.6. The third kappa shape index (κ3) is 4.42. The molecule has 1 unspecified atom stereocenters. The quantitative estimate of drug-likeness (QED) is 0.874. The van der Waals surface area contributed by atoms with Crippen LogP contribution in [0.15, 0.2) is 10.6 Å². The molecule has 8 nitrogen and oxygen atoms in total. The van der Waals surface area contributed by atoms with E-state index in [0.29, 0.717) is 37.9 Å². The predicted octanol–water partition coefficient (Wildman–Crippen LogP) is 1.56. The second kappa shape index (κ2) is 7.75. The Balaban J connectivity index is 1.57. The van der Waals surface area contributed by atoms with Crippen molar-refractivity contribution in [1.82, 2.24) is 10.1 Å². The number of aromatic nitrogens is 1. The molecule has 2 aliphatic rings. The number of nitrogens with zero attached hydrogens (tertiary/aromatic N) is 2. The molecule has 0 radical (unpaired) electrons. The predicted molar refractivity (Wildman–Crippen MR) is 93.7 cm³/mol. The van der Waals surface area contributed by atoms with Crippen molar-refractivity contribution < 1.29 is 23.6 Å². The molecule has 0 bridgehead atoms. The van der Waals surface area contributed by atoms with Gasteiger partial charge in [-0.25, -0.2) is 0 Å². The number of rotatable bonds is 3. The van der Waals surface area contributed by atoms with E-state index in [-0.39, 0.29) is 29.7 Å². The van der Waals surface area contributed by atoms with Gasteiger partial charge in [-0.3, -0.25) is 9.59 Å². The molecule has 144 valence electrons. The van der Waals surface area contributed by atoms with Crippen molar-refractivity contribution in [3.8, 4) is 0 Å². The minimum Gasteiger partial charge on any atom is -0.381 e. The second-order valence-corrected chi connectivity index (χ2v) is 7.85. The first-order chi connectivity index (χ1) is 12.3. The van der Waals surface area contributed by atoms with Crippen LogP contribution in [-0.4, -0.2) is 60.9 Å². The summed E-state index contributed by atoms with van der Waals surface area (Å²) in [6.45, 7) is 8.36. The lowest BCUT2D eigenvalue weighted by atomic mass is 9.93. The summed E-state index contributed by atoms with van der Waals surface area (Å²) in [6, 6.07) is 1.71. The number of hydrogen-bond donors (Lipinski definition) is 1. The fraction of sp³-hybridized carbons (Fsp3) is 0.722. The molecule has 0 aliphatic carbocycles. The van der Waals surface area contributed by atoms with Crippen LogP contribution in [0.1, 0.15) is 39.4 Å². The Morgan fingerprint density at radius 2 is 1.96 bits per heavy atom. The summed E-state index contributed by atoms with van der Waals surface area (Å²) in [5.74, 6) is 0.801. The molecular formula is C18H27N3O5. The van der Waals surface area contributed by atoms with Crippen molar-refractivity contribution in [2.75, 3.05) is 38.2 Å². The second-order valence-electron chi connectivity index (χ2n) is 7.85. The molecule has 1 atom stereocenters. The number of amides is 2. The average molecular weight is 365 g/mol. The van der Waals surface area contributed by atoms with Gasteiger partial charge in [0.1, 0.15) is 5.76 Å². The maximum Gasteiger partial charge on any atom is 0.256 e. The lowest BCUT2D eigenvalue weighted by molar-refractivity contribution is -0.149. The molecule has 3 rings (SSSR count). The zero-order chi connectivity index (χ0) is 18.7. The normalized spacial score (nSPS) is 22.3. The highest BCUT2D eigenvalue weighted by atomic mass is 16.5. The van der Waals surface area contributed by atoms with Gasteiger partial charge >= 0.3 is 0 Å². The number of ether oxygens (including phenoxy) is 2. The Morgan fingerprint density at radius 1 is 1.23 bits per heavy atom. The minimum atomic E-state index is -0.706. The lowest BCUT2D eigenvalue weighted by Gasteiger charge is -2.35. The standard InChI is InChI=1S/C18H27N3O5/c1-18(2,3)14-10-15(20-26-14)19-16(22)13-11-21(6-9-25-13)17(23)12-4-7-24-8-5-12/h10,12-13H,4-9,11H2,1-3H3,(H,19,20,22). The minimum absolute atomic E-state index is 0.0181. The summed E-state index contributed by atoms with van der Waals surface area (Å²) < 4.78 is 16.2. The molecule has 1 aromatic heterocycles. The van der Waals surface area contributed by atoms with Crippen molar-refractivity contribution in [1.29, 1.82) is 0 Å². The van der Waals surface area contributed by atoms with E-state index in [9.17, 15) is 9.59 Å². The van der Waals surface area contributed by atoms with Gasteiger partial charge in [0.15, 0.2) is 11.9 Å². The molecule has 0 aromatic carbocycles. The third-order valence-electron chi connectivity index (χ3n) is 4.74. The van der Waals surface area contributed by atoms with E-state index in [2.05, 4.69) is 10.5 Å². The van der Waals surface area contributed by atoms with Crippen LogP contribution in [0.2, 0.25) is 0 Å². The lowest BCUT2D eigenvalue weighted by Crippen LogP contribution is -2.52. The molecule has 3 heterocycles. The van der Waals surface area contributed by atoms with Crippen LogP contribution in [0, 0.1) is 5.92 Å². The van der Waals surface area contributed by atoms with E-state index < -0.39 is 6.10 Å². The Morgan fingerprint density at radius 3 is 2.62 bits per heavy atom. The average Bonchev–Trinajstić information content (AvgIpc) is 3.11. The Kier molecular flexibility index (Phi) is 5.62. The molecule has 1 aromatic rings. The topological polar surface area (TPSA) is 93.9 Å². The SMILES string of the molecule is CC(C)(C)c1cc(NC(=O)C2CN(C(=O)C3CCOCC3)CCO2)no1. The molecule has 1 N–H and O–H groups in total. The van der Waals surface area contributed by atoms with Gasteiger partial charge in [0.25, 0.3) is 5.91 Å². The summed E-state index contributed by atoms with van der Waals surface area (Å²) in [5.41, 5.74) is -0.190. The molecule has 0 spiro atoms. The maximum absolute atomic E-state index is 12.6. The smallest absolute Gasteiger partial charge is 0.256 e. The zero-order valence-corrected chi connectivity index (χ0v) is 15.6. The van der Waals surface area contributed by atoms with Crippen LogP contribution in [0.25, 0.3) is 0 Å². The van der Waals surface area contributed by atoms with Crippen LogP contribution < -0.4 is 5.32 Å². The summed E-state index contributed by atoms with van der Waals surface area (Å²) in [6.07, 6.45) is 0.769. The number of morpholine rings is 1. The number of nitrogens with one attached hydrogen (secondary N) is 1. The van der Waals surface area contributed by atoms with E-state index in [0.717, 1.165) is 12.8 Å². The van der Waals surface area contributed by atoms with Crippen molar-refractivity contribution in [3.63, 3.8) is 0 Å². The summed E-state index contributed by atoms with van der Waals surface area (Å²) >= 11 is 0. The molecular weight excluding hydrogens is 338 g/mol. The Bertz CT molecular complexity index is 645. The molecule has 2 fully saturated rings. The van der Waals surface area contributed by atoms with E-state index in [1.54, 1.807) is 11.0 Å². The van der Waals surface area contributed by atoms with Gasteiger partial charge in [-0.05, 0) is 12.8 Å². The van der Waals surface area contributed by atoms with Crippen LogP contribution in [-0.2, 0) is 24.5 Å². The van der Waals surface area contributed by atoms with E-state index in [1.807, 2.05) is 20.8 Å². The van der Waals surface area contributed by atoms with E-state index >= 15 is 0 Å². The van der Waals surface area contributed by atoms with Gasteiger partial charge in [0.2, 0.25) is 5.91 Å². The number of carbonyl (C=O) groups excluding carboxylic acids is 2. The van der Waals surface area contributed by atoms with Crippen molar-refractivity contribution in [2.45, 2.75) is 45.1 Å². The number of anilines is 1. The van der Waals surface area contributed by atoms with E-state index in [4.69, 9.17) is 14.0 Å². The first-order valence-electron chi connectivity index (χ1n) is 9.11. The van der Waals surface area contributed by atoms with Gasteiger partial charge in [-0.15, -0.1) is 0 Å². The van der Waals surface area contributed by atoms with Crippen molar-refractivity contribution in [3.05, 3.63) is 11.8 Å². The fourth-order valence-corrected chi connectivity index (χ4v) is 3.11. The van der Waals surface area contributed by atoms with Crippen LogP contribution in [0.4, 0.5) is 5.82 Å². The van der Waals surface area contributed by atoms with Crippen molar-refractivity contribution >= 4 is 17.6 Å². The molecule has 2 aliphatic heterocycles. The third-order valence-corrected chi connectivity index (χ3v) is 4.74. The van der Waals surface area contributed by atoms with Gasteiger partial charge < -0.3 is 24.2 Å². The molecule has 0 saturated carbocycles. The van der Waals surface area contributed by atoms with Gasteiger partial charge in [0.05, 0.1) is 13.2 Å². The fourth-order valence-electron chi connectivity index (χ4n) is 3.11. The summed E-state index contributed by atoms with van der Waals surface area (Å²) in [7, 11) is 0. The van der Waals surface area contributed by atoms with Crippen molar-refractivity contribution in [2.24, 2.45) is 5.92 Å². The highest BCUT2D eigenvalue weighted by Crippen LogP contribution is 2.25. The largest absolute Gasteiger partial charge is 0.381 e. The number of carbonyl (C=O) groups is 2. The van der Waals surface area contributed by atoms with Gasteiger partial charge in [-0.2, -0.15) is 0 Å². The van der Waals surface area contributed by atoms with Crippen LogP contribution >= 0.6 is 0 Å². The first-order valence-corrected chi connectivity index (χ1v) is 9.11. The molecule has 8 heteroatoms. The monoisotopic (exact) mass is 365 g/mol. The van der Waals surface area contributed by atoms with Crippen LogP contribution in [0.3, 0.4) is 0 Å². The molecule has 2 saturated heterocycles. The summed E-state index contributed by atoms with van der Waals surface area (Å²) in [4.78, 5) is 26.9. The van der Waals surface area contributed by atoms with E-state index in [1.165, 1.54) is 0 Å². The Labute approximate surface area is 153 Å².